The second-order valence-electron chi connectivity index (χ2n) is 4.51. The number of hydrogen-bond acceptors (Lipinski definition) is 4. The van der Waals surface area contributed by atoms with E-state index in [9.17, 15) is 8.42 Å². The van der Waals surface area contributed by atoms with Crippen molar-refractivity contribution in [3.63, 3.8) is 0 Å². The normalized spacial score (nSPS) is 12.3. The van der Waals surface area contributed by atoms with Crippen molar-refractivity contribution in [2.24, 2.45) is 0 Å². The largest absolute Gasteiger partial charge is 0.398 e. The summed E-state index contributed by atoms with van der Waals surface area (Å²) in [6, 6.07) is 2.68. The molecule has 0 atom stereocenters. The quantitative estimate of drug-likeness (QED) is 0.764. The molecule has 0 aromatic heterocycles. The molecule has 1 aromatic carbocycles. The molecule has 0 saturated carbocycles. The Hall–Kier alpha value is -0.340. The van der Waals surface area contributed by atoms with Gasteiger partial charge in [-0.3, -0.25) is 0 Å². The number of methoxy groups -OCH3 is 1. The Morgan fingerprint density at radius 1 is 1.45 bits per heavy atom. The third kappa shape index (κ3) is 3.85. The second kappa shape index (κ2) is 7.09. The van der Waals surface area contributed by atoms with Gasteiger partial charge in [0.05, 0.1) is 16.0 Å². The Kier molecular flexibility index (Phi) is 6.27. The van der Waals surface area contributed by atoms with Gasteiger partial charge in [0, 0.05) is 30.4 Å². The predicted molar refractivity (Wildman–Crippen MR) is 84.5 cm³/mol. The molecule has 0 aliphatic carbocycles. The summed E-state index contributed by atoms with van der Waals surface area (Å²) in [6.45, 7) is 4.17. The fraction of sp³-hybridized carbons (Fsp3) is 0.500. The first-order valence-electron chi connectivity index (χ1n) is 5.97. The average Bonchev–Trinajstić information content (AvgIpc) is 2.33. The molecule has 0 aliphatic heterocycles. The molecule has 20 heavy (non-hydrogen) atoms. The molecule has 0 saturated heterocycles. The van der Waals surface area contributed by atoms with E-state index in [0.717, 1.165) is 0 Å². The Balaban J connectivity index is 3.33. The number of anilines is 1. The summed E-state index contributed by atoms with van der Waals surface area (Å²) in [5.41, 5.74) is 6.04. The van der Waals surface area contributed by atoms with E-state index in [4.69, 9.17) is 22.1 Å². The van der Waals surface area contributed by atoms with Gasteiger partial charge in [0.2, 0.25) is 10.0 Å². The zero-order chi connectivity index (χ0) is 15.5. The summed E-state index contributed by atoms with van der Waals surface area (Å²) in [5, 5.41) is 0.278. The van der Waals surface area contributed by atoms with Gasteiger partial charge in [-0.05, 0) is 41.9 Å². The number of benzene rings is 1. The van der Waals surface area contributed by atoms with E-state index in [1.165, 1.54) is 23.5 Å². The molecule has 0 spiro atoms. The number of ether oxygens (including phenoxy) is 1. The molecule has 0 amide bonds. The second-order valence-corrected chi connectivity index (χ2v) is 7.60. The maximum Gasteiger partial charge on any atom is 0.244 e. The standard InChI is InChI=1S/C12H18BrClN2O3S/c1-8(2)16(4-5-19-3)20(17,18)11-7-9(14)6-10(15)12(11)13/h6-8H,4-5,15H2,1-3H3. The lowest BCUT2D eigenvalue weighted by Crippen LogP contribution is -2.39. The Bertz CT molecular complexity index is 578. The van der Waals surface area contributed by atoms with Crippen LogP contribution >= 0.6 is 27.5 Å². The summed E-state index contributed by atoms with van der Waals surface area (Å²) in [5.74, 6) is 0. The first kappa shape index (κ1) is 17.7. The van der Waals surface area contributed by atoms with E-state index >= 15 is 0 Å². The van der Waals surface area contributed by atoms with Crippen molar-refractivity contribution in [3.8, 4) is 0 Å². The molecular weight excluding hydrogens is 368 g/mol. The van der Waals surface area contributed by atoms with Crippen LogP contribution in [-0.2, 0) is 14.8 Å². The van der Waals surface area contributed by atoms with Gasteiger partial charge in [0.1, 0.15) is 0 Å². The predicted octanol–water partition coefficient (Wildman–Crippen LogP) is 2.73. The first-order valence-corrected chi connectivity index (χ1v) is 8.58. The minimum atomic E-state index is -3.71. The van der Waals surface area contributed by atoms with E-state index in [2.05, 4.69) is 15.9 Å². The topological polar surface area (TPSA) is 72.6 Å². The van der Waals surface area contributed by atoms with Crippen LogP contribution in [0, 0.1) is 0 Å². The Morgan fingerprint density at radius 2 is 2.05 bits per heavy atom. The molecule has 1 rings (SSSR count). The average molecular weight is 386 g/mol. The molecule has 2 N–H and O–H groups in total. The van der Waals surface area contributed by atoms with Crippen LogP contribution in [0.4, 0.5) is 5.69 Å². The van der Waals surface area contributed by atoms with Gasteiger partial charge in [-0.25, -0.2) is 8.42 Å². The molecule has 5 nitrogen and oxygen atoms in total. The van der Waals surface area contributed by atoms with Crippen LogP contribution in [0.1, 0.15) is 13.8 Å². The van der Waals surface area contributed by atoms with Crippen molar-refractivity contribution in [1.82, 2.24) is 4.31 Å². The zero-order valence-electron chi connectivity index (χ0n) is 11.6. The van der Waals surface area contributed by atoms with Gasteiger partial charge in [-0.2, -0.15) is 4.31 Å². The number of nitrogens with zero attached hydrogens (tertiary/aromatic N) is 1. The highest BCUT2D eigenvalue weighted by Gasteiger charge is 2.29. The lowest BCUT2D eigenvalue weighted by molar-refractivity contribution is 0.171. The molecule has 0 bridgehead atoms. The Labute approximate surface area is 133 Å². The Morgan fingerprint density at radius 3 is 2.55 bits per heavy atom. The smallest absolute Gasteiger partial charge is 0.244 e. The third-order valence-electron chi connectivity index (χ3n) is 2.71. The molecule has 114 valence electrons. The lowest BCUT2D eigenvalue weighted by atomic mass is 10.3. The summed E-state index contributed by atoms with van der Waals surface area (Å²) in [7, 11) is -2.18. The molecule has 0 aliphatic rings. The van der Waals surface area contributed by atoms with E-state index in [1.807, 2.05) is 0 Å². The van der Waals surface area contributed by atoms with Crippen molar-refractivity contribution >= 4 is 43.2 Å². The van der Waals surface area contributed by atoms with E-state index in [1.54, 1.807) is 13.8 Å². The first-order chi connectivity index (χ1) is 9.21. The van der Waals surface area contributed by atoms with Gasteiger partial charge >= 0.3 is 0 Å². The van der Waals surface area contributed by atoms with Crippen molar-refractivity contribution in [2.45, 2.75) is 24.8 Å². The summed E-state index contributed by atoms with van der Waals surface area (Å²) >= 11 is 9.12. The van der Waals surface area contributed by atoms with Crippen LogP contribution in [0.3, 0.4) is 0 Å². The number of nitrogen functional groups attached to an aromatic ring is 1. The molecule has 1 aromatic rings. The molecule has 0 fully saturated rings. The highest BCUT2D eigenvalue weighted by Crippen LogP contribution is 2.33. The van der Waals surface area contributed by atoms with E-state index in [0.29, 0.717) is 11.1 Å². The SMILES string of the molecule is COCCN(C(C)C)S(=O)(=O)c1cc(Cl)cc(N)c1Br. The van der Waals surface area contributed by atoms with Crippen molar-refractivity contribution in [1.29, 1.82) is 0 Å². The van der Waals surface area contributed by atoms with Gasteiger partial charge in [0.25, 0.3) is 0 Å². The molecule has 0 radical (unpaired) electrons. The number of sulfonamides is 1. The molecule has 8 heteroatoms. The maximum absolute atomic E-state index is 12.7. The van der Waals surface area contributed by atoms with E-state index in [-0.39, 0.29) is 28.2 Å². The van der Waals surface area contributed by atoms with Crippen molar-refractivity contribution < 1.29 is 13.2 Å². The number of rotatable bonds is 6. The minimum Gasteiger partial charge on any atom is -0.398 e. The highest BCUT2D eigenvalue weighted by atomic mass is 79.9. The number of hydrogen-bond donors (Lipinski definition) is 1. The van der Waals surface area contributed by atoms with Crippen LogP contribution in [0.25, 0.3) is 0 Å². The van der Waals surface area contributed by atoms with Crippen molar-refractivity contribution in [2.75, 3.05) is 26.0 Å². The van der Waals surface area contributed by atoms with E-state index < -0.39 is 10.0 Å². The fourth-order valence-electron chi connectivity index (χ4n) is 1.74. The molecular formula is C12H18BrClN2O3S. The monoisotopic (exact) mass is 384 g/mol. The van der Waals surface area contributed by atoms with Crippen LogP contribution in [0.5, 0.6) is 0 Å². The number of nitrogens with two attached hydrogens (primary N) is 1. The zero-order valence-corrected chi connectivity index (χ0v) is 14.7. The highest BCUT2D eigenvalue weighted by molar-refractivity contribution is 9.10. The van der Waals surface area contributed by atoms with Crippen LogP contribution in [0.2, 0.25) is 5.02 Å². The molecule has 0 heterocycles. The maximum atomic E-state index is 12.7. The number of halogens is 2. The fourth-order valence-corrected chi connectivity index (χ4v) is 4.61. The summed E-state index contributed by atoms with van der Waals surface area (Å²) in [4.78, 5) is 0.0623. The third-order valence-corrected chi connectivity index (χ3v) is 6.18. The summed E-state index contributed by atoms with van der Waals surface area (Å²) < 4.78 is 32.1. The van der Waals surface area contributed by atoms with Gasteiger partial charge in [0.15, 0.2) is 0 Å². The van der Waals surface area contributed by atoms with Gasteiger partial charge in [-0.1, -0.05) is 11.6 Å². The minimum absolute atomic E-state index is 0.0623. The van der Waals surface area contributed by atoms with Crippen LogP contribution in [0.15, 0.2) is 21.5 Å². The lowest BCUT2D eigenvalue weighted by Gasteiger charge is -2.26. The molecule has 0 unspecified atom stereocenters. The van der Waals surface area contributed by atoms with Crippen LogP contribution < -0.4 is 5.73 Å². The van der Waals surface area contributed by atoms with Gasteiger partial charge in [-0.15, -0.1) is 0 Å². The van der Waals surface area contributed by atoms with Gasteiger partial charge < -0.3 is 10.5 Å². The van der Waals surface area contributed by atoms with Crippen molar-refractivity contribution in [3.05, 3.63) is 21.6 Å². The van der Waals surface area contributed by atoms with Crippen LogP contribution in [-0.4, -0.2) is 39.0 Å². The summed E-state index contributed by atoms with van der Waals surface area (Å²) in [6.07, 6.45) is 0.